The summed E-state index contributed by atoms with van der Waals surface area (Å²) >= 11 is 0. The maximum atomic E-state index is 9.82. The SMILES string of the molecule is Cc1cccc(N(CCO)CCO)c1O. The Morgan fingerprint density at radius 1 is 1.13 bits per heavy atom. The molecule has 4 nitrogen and oxygen atoms in total. The molecule has 0 bridgehead atoms. The molecule has 0 spiro atoms. The molecule has 15 heavy (non-hydrogen) atoms. The number of aliphatic hydroxyl groups excluding tert-OH is 2. The average molecular weight is 211 g/mol. The van der Waals surface area contributed by atoms with Crippen molar-refractivity contribution in [3.05, 3.63) is 23.8 Å². The second-order valence-electron chi connectivity index (χ2n) is 3.38. The average Bonchev–Trinajstić information content (AvgIpc) is 2.22. The fourth-order valence-electron chi connectivity index (χ4n) is 1.49. The molecule has 0 aliphatic heterocycles. The van der Waals surface area contributed by atoms with Crippen LogP contribution in [0.15, 0.2) is 18.2 Å². The molecule has 3 N–H and O–H groups in total. The fourth-order valence-corrected chi connectivity index (χ4v) is 1.49. The fraction of sp³-hybridized carbons (Fsp3) is 0.455. The van der Waals surface area contributed by atoms with Crippen LogP contribution in [0.3, 0.4) is 0 Å². The number of para-hydroxylation sites is 1. The Morgan fingerprint density at radius 2 is 1.73 bits per heavy atom. The number of benzene rings is 1. The highest BCUT2D eigenvalue weighted by molar-refractivity contribution is 5.60. The van der Waals surface area contributed by atoms with Gasteiger partial charge >= 0.3 is 0 Å². The molecule has 0 atom stereocenters. The number of nitrogens with zero attached hydrogens (tertiary/aromatic N) is 1. The summed E-state index contributed by atoms with van der Waals surface area (Å²) in [6.45, 7) is 2.60. The molecule has 0 aliphatic carbocycles. The summed E-state index contributed by atoms with van der Waals surface area (Å²) in [5, 5.41) is 27.6. The van der Waals surface area contributed by atoms with E-state index in [-0.39, 0.29) is 19.0 Å². The lowest BCUT2D eigenvalue weighted by molar-refractivity contribution is 0.280. The largest absolute Gasteiger partial charge is 0.505 e. The lowest BCUT2D eigenvalue weighted by atomic mass is 10.2. The van der Waals surface area contributed by atoms with Gasteiger partial charge in [-0.25, -0.2) is 0 Å². The third-order valence-electron chi connectivity index (χ3n) is 2.30. The van der Waals surface area contributed by atoms with Crippen molar-refractivity contribution in [1.82, 2.24) is 0 Å². The maximum absolute atomic E-state index is 9.82. The zero-order chi connectivity index (χ0) is 11.3. The first-order valence-corrected chi connectivity index (χ1v) is 4.96. The molecule has 0 fully saturated rings. The Balaban J connectivity index is 2.94. The Bertz CT molecular complexity index is 309. The Kier molecular flexibility index (Phi) is 4.39. The first kappa shape index (κ1) is 11.8. The molecular weight excluding hydrogens is 194 g/mol. The van der Waals surface area contributed by atoms with Gasteiger partial charge in [0.2, 0.25) is 0 Å². The standard InChI is InChI=1S/C11H17NO3/c1-9-3-2-4-10(11(9)15)12(5-7-13)6-8-14/h2-4,13-15H,5-8H2,1H3. The van der Waals surface area contributed by atoms with Gasteiger partial charge in [0.1, 0.15) is 5.75 Å². The van der Waals surface area contributed by atoms with Crippen molar-refractivity contribution in [3.8, 4) is 5.75 Å². The molecule has 0 unspecified atom stereocenters. The second kappa shape index (κ2) is 5.58. The molecule has 0 saturated carbocycles. The van der Waals surface area contributed by atoms with Crippen molar-refractivity contribution in [3.63, 3.8) is 0 Å². The predicted octanol–water partition coefficient (Wildman–Crippen LogP) is 0.492. The van der Waals surface area contributed by atoms with Gasteiger partial charge in [0.15, 0.2) is 0 Å². The number of aliphatic hydroxyl groups is 2. The first-order chi connectivity index (χ1) is 7.20. The molecule has 4 heteroatoms. The minimum Gasteiger partial charge on any atom is -0.505 e. The van der Waals surface area contributed by atoms with Crippen LogP contribution < -0.4 is 4.90 Å². The van der Waals surface area contributed by atoms with Gasteiger partial charge in [-0.2, -0.15) is 0 Å². The summed E-state index contributed by atoms with van der Waals surface area (Å²) in [5.74, 6) is 0.208. The van der Waals surface area contributed by atoms with Crippen LogP contribution in [0.25, 0.3) is 0 Å². The minimum absolute atomic E-state index is 0.00657. The van der Waals surface area contributed by atoms with Crippen molar-refractivity contribution in [2.45, 2.75) is 6.92 Å². The van der Waals surface area contributed by atoms with Crippen LogP contribution in [0, 0.1) is 6.92 Å². The summed E-state index contributed by atoms with van der Waals surface area (Å²) in [6, 6.07) is 5.43. The van der Waals surface area contributed by atoms with E-state index < -0.39 is 0 Å². The molecule has 1 rings (SSSR count). The number of rotatable bonds is 5. The van der Waals surface area contributed by atoms with E-state index in [0.717, 1.165) is 5.56 Å². The molecule has 0 saturated heterocycles. The summed E-state index contributed by atoms with van der Waals surface area (Å²) in [4.78, 5) is 1.75. The van der Waals surface area contributed by atoms with Gasteiger partial charge in [-0.05, 0) is 18.6 Å². The van der Waals surface area contributed by atoms with Gasteiger partial charge < -0.3 is 20.2 Å². The Hall–Kier alpha value is -1.26. The Morgan fingerprint density at radius 3 is 2.27 bits per heavy atom. The van der Waals surface area contributed by atoms with E-state index in [1.165, 1.54) is 0 Å². The summed E-state index contributed by atoms with van der Waals surface area (Å²) < 4.78 is 0. The number of hydrogen-bond acceptors (Lipinski definition) is 4. The maximum Gasteiger partial charge on any atom is 0.141 e. The van der Waals surface area contributed by atoms with Gasteiger partial charge in [0.05, 0.1) is 18.9 Å². The van der Waals surface area contributed by atoms with Crippen molar-refractivity contribution in [1.29, 1.82) is 0 Å². The van der Waals surface area contributed by atoms with Crippen LogP contribution in [-0.2, 0) is 0 Å². The van der Waals surface area contributed by atoms with Gasteiger partial charge in [0, 0.05) is 13.1 Å². The number of aromatic hydroxyl groups is 1. The topological polar surface area (TPSA) is 63.9 Å². The van der Waals surface area contributed by atoms with Crippen LogP contribution in [-0.4, -0.2) is 41.6 Å². The smallest absolute Gasteiger partial charge is 0.141 e. The predicted molar refractivity (Wildman–Crippen MR) is 59.2 cm³/mol. The third kappa shape index (κ3) is 2.84. The lowest BCUT2D eigenvalue weighted by Gasteiger charge is -2.24. The molecule has 1 aromatic rings. The highest BCUT2D eigenvalue weighted by Gasteiger charge is 2.10. The quantitative estimate of drug-likeness (QED) is 0.663. The monoisotopic (exact) mass is 211 g/mol. The van der Waals surface area contributed by atoms with Crippen molar-refractivity contribution in [2.24, 2.45) is 0 Å². The Labute approximate surface area is 89.4 Å². The van der Waals surface area contributed by atoms with Crippen LogP contribution >= 0.6 is 0 Å². The van der Waals surface area contributed by atoms with E-state index in [2.05, 4.69) is 0 Å². The van der Waals surface area contributed by atoms with E-state index in [4.69, 9.17) is 10.2 Å². The van der Waals surface area contributed by atoms with Crippen molar-refractivity contribution >= 4 is 5.69 Å². The van der Waals surface area contributed by atoms with Gasteiger partial charge in [-0.3, -0.25) is 0 Å². The highest BCUT2D eigenvalue weighted by Crippen LogP contribution is 2.29. The number of aryl methyl sites for hydroxylation is 1. The van der Waals surface area contributed by atoms with Gasteiger partial charge in [-0.1, -0.05) is 12.1 Å². The highest BCUT2D eigenvalue weighted by atomic mass is 16.3. The number of phenols is 1. The second-order valence-corrected chi connectivity index (χ2v) is 3.38. The molecule has 0 radical (unpaired) electrons. The number of hydrogen-bond donors (Lipinski definition) is 3. The van der Waals surface area contributed by atoms with Crippen LogP contribution in [0.2, 0.25) is 0 Å². The van der Waals surface area contributed by atoms with E-state index in [0.29, 0.717) is 18.8 Å². The molecule has 0 aliphatic rings. The van der Waals surface area contributed by atoms with Crippen molar-refractivity contribution in [2.75, 3.05) is 31.2 Å². The number of phenolic OH excluding ortho intramolecular Hbond substituents is 1. The van der Waals surface area contributed by atoms with Gasteiger partial charge in [0.25, 0.3) is 0 Å². The zero-order valence-electron chi connectivity index (χ0n) is 8.85. The van der Waals surface area contributed by atoms with Crippen LogP contribution in [0.4, 0.5) is 5.69 Å². The normalized spacial score (nSPS) is 10.3. The lowest BCUT2D eigenvalue weighted by Crippen LogP contribution is -2.29. The van der Waals surface area contributed by atoms with E-state index in [9.17, 15) is 5.11 Å². The molecule has 0 heterocycles. The molecule has 84 valence electrons. The minimum atomic E-state index is -0.00657. The summed E-state index contributed by atoms with van der Waals surface area (Å²) in [5.41, 5.74) is 1.44. The summed E-state index contributed by atoms with van der Waals surface area (Å²) in [7, 11) is 0. The molecule has 0 aromatic heterocycles. The zero-order valence-corrected chi connectivity index (χ0v) is 8.85. The van der Waals surface area contributed by atoms with E-state index >= 15 is 0 Å². The number of anilines is 1. The summed E-state index contributed by atoms with van der Waals surface area (Å²) in [6.07, 6.45) is 0. The van der Waals surface area contributed by atoms with Crippen LogP contribution in [0.1, 0.15) is 5.56 Å². The van der Waals surface area contributed by atoms with Crippen molar-refractivity contribution < 1.29 is 15.3 Å². The van der Waals surface area contributed by atoms with Crippen LogP contribution in [0.5, 0.6) is 5.75 Å². The molecule has 1 aromatic carbocycles. The molecular formula is C11H17NO3. The van der Waals surface area contributed by atoms with E-state index in [1.807, 2.05) is 19.1 Å². The first-order valence-electron chi connectivity index (χ1n) is 4.96. The third-order valence-corrected chi connectivity index (χ3v) is 2.30. The van der Waals surface area contributed by atoms with E-state index in [1.54, 1.807) is 11.0 Å². The molecule has 0 amide bonds. The van der Waals surface area contributed by atoms with Gasteiger partial charge in [-0.15, -0.1) is 0 Å².